The first-order valence-corrected chi connectivity index (χ1v) is 11.8. The van der Waals surface area contributed by atoms with Crippen molar-refractivity contribution < 1.29 is 27.1 Å². The number of halogens is 2. The molecule has 2 amide bonds. The van der Waals surface area contributed by atoms with Gasteiger partial charge in [-0.3, -0.25) is 9.59 Å². The highest BCUT2D eigenvalue weighted by molar-refractivity contribution is 7.89. The molecule has 0 radical (unpaired) electrons. The van der Waals surface area contributed by atoms with Gasteiger partial charge >= 0.3 is 11.8 Å². The van der Waals surface area contributed by atoms with Gasteiger partial charge in [0.25, 0.3) is 0 Å². The summed E-state index contributed by atoms with van der Waals surface area (Å²) in [6.07, 6.45) is 0.00594. The standard InChI is InChI=1S/C21H23ClFN3O5S/c22-16-4-2-15(3-5-16)10-11-24-20(27)21(28)25-14-19-26(12-1-13-31-19)32(29,30)18-8-6-17(23)7-9-18/h2-9,19H,1,10-14H2,(H,24,27)(H,25,28)/t19-/m0/s1. The van der Waals surface area contributed by atoms with Crippen LogP contribution in [0, 0.1) is 5.82 Å². The Labute approximate surface area is 190 Å². The number of hydrogen-bond donors (Lipinski definition) is 2. The van der Waals surface area contributed by atoms with Crippen molar-refractivity contribution in [2.45, 2.75) is 24.0 Å². The molecule has 1 aliphatic rings. The summed E-state index contributed by atoms with van der Waals surface area (Å²) in [4.78, 5) is 24.1. The summed E-state index contributed by atoms with van der Waals surface area (Å²) in [5.41, 5.74) is 0.951. The van der Waals surface area contributed by atoms with Gasteiger partial charge in [0.15, 0.2) is 0 Å². The summed E-state index contributed by atoms with van der Waals surface area (Å²) in [6.45, 7) is 0.527. The summed E-state index contributed by atoms with van der Waals surface area (Å²) < 4.78 is 45.6. The maximum Gasteiger partial charge on any atom is 0.309 e. The number of nitrogens with zero attached hydrogens (tertiary/aromatic N) is 1. The first kappa shape index (κ1) is 24.1. The molecule has 3 rings (SSSR count). The molecule has 0 aromatic heterocycles. The minimum atomic E-state index is -3.96. The van der Waals surface area contributed by atoms with Crippen LogP contribution < -0.4 is 10.6 Å². The van der Waals surface area contributed by atoms with Gasteiger partial charge in [-0.15, -0.1) is 0 Å². The Kier molecular flexibility index (Phi) is 8.19. The molecule has 0 bridgehead atoms. The van der Waals surface area contributed by atoms with Crippen LogP contribution in [0.4, 0.5) is 4.39 Å². The van der Waals surface area contributed by atoms with E-state index in [1.807, 2.05) is 12.1 Å². The first-order valence-electron chi connectivity index (χ1n) is 9.97. The van der Waals surface area contributed by atoms with Gasteiger partial charge in [0.1, 0.15) is 12.0 Å². The summed E-state index contributed by atoms with van der Waals surface area (Å²) >= 11 is 5.83. The Morgan fingerprint density at radius 2 is 1.72 bits per heavy atom. The lowest BCUT2D eigenvalue weighted by Gasteiger charge is -2.34. The zero-order chi connectivity index (χ0) is 23.1. The lowest BCUT2D eigenvalue weighted by molar-refractivity contribution is -0.140. The number of hydrogen-bond acceptors (Lipinski definition) is 5. The molecule has 32 heavy (non-hydrogen) atoms. The van der Waals surface area contributed by atoms with Crippen molar-refractivity contribution >= 4 is 33.4 Å². The summed E-state index contributed by atoms with van der Waals surface area (Å²) in [5, 5.41) is 5.53. The third-order valence-corrected chi connectivity index (χ3v) is 6.99. The van der Waals surface area contributed by atoms with Crippen molar-refractivity contribution in [1.82, 2.24) is 14.9 Å². The van der Waals surface area contributed by atoms with Crippen LogP contribution in [0.5, 0.6) is 0 Å². The fourth-order valence-electron chi connectivity index (χ4n) is 3.16. The maximum absolute atomic E-state index is 13.2. The predicted molar refractivity (Wildman–Crippen MR) is 116 cm³/mol. The largest absolute Gasteiger partial charge is 0.360 e. The molecule has 2 aromatic rings. The molecule has 11 heteroatoms. The van der Waals surface area contributed by atoms with Crippen molar-refractivity contribution in [3.05, 3.63) is 64.9 Å². The van der Waals surface area contributed by atoms with Crippen molar-refractivity contribution in [1.29, 1.82) is 0 Å². The topological polar surface area (TPSA) is 105 Å². The van der Waals surface area contributed by atoms with Gasteiger partial charge in [0.05, 0.1) is 18.0 Å². The molecule has 1 atom stereocenters. The predicted octanol–water partition coefficient (Wildman–Crippen LogP) is 1.69. The molecule has 0 aliphatic carbocycles. The molecule has 1 heterocycles. The van der Waals surface area contributed by atoms with E-state index in [0.717, 1.165) is 22.0 Å². The van der Waals surface area contributed by atoms with Gasteiger partial charge < -0.3 is 15.4 Å². The Hall–Kier alpha value is -2.53. The molecular weight excluding hydrogens is 461 g/mol. The molecule has 2 N–H and O–H groups in total. The summed E-state index contributed by atoms with van der Waals surface area (Å²) in [6, 6.07) is 11.6. The second kappa shape index (κ2) is 10.9. The molecule has 1 saturated heterocycles. The van der Waals surface area contributed by atoms with Crippen LogP contribution in [0.15, 0.2) is 53.4 Å². The van der Waals surface area contributed by atoms with Crippen molar-refractivity contribution in [3.8, 4) is 0 Å². The van der Waals surface area contributed by atoms with E-state index in [9.17, 15) is 22.4 Å². The van der Waals surface area contributed by atoms with Crippen molar-refractivity contribution in [2.24, 2.45) is 0 Å². The van der Waals surface area contributed by atoms with Crippen LogP contribution in [0.1, 0.15) is 12.0 Å². The highest BCUT2D eigenvalue weighted by Crippen LogP contribution is 2.22. The van der Waals surface area contributed by atoms with Crippen LogP contribution in [0.3, 0.4) is 0 Å². The number of ether oxygens (including phenoxy) is 1. The maximum atomic E-state index is 13.2. The average Bonchev–Trinajstić information content (AvgIpc) is 2.79. The first-order chi connectivity index (χ1) is 15.3. The van der Waals surface area contributed by atoms with E-state index in [1.165, 1.54) is 12.1 Å². The molecule has 0 unspecified atom stereocenters. The number of sulfonamides is 1. The van der Waals surface area contributed by atoms with Crippen LogP contribution in [0.2, 0.25) is 5.02 Å². The van der Waals surface area contributed by atoms with Gasteiger partial charge in [-0.05, 0) is 54.8 Å². The third kappa shape index (κ3) is 6.26. The highest BCUT2D eigenvalue weighted by atomic mass is 35.5. The summed E-state index contributed by atoms with van der Waals surface area (Å²) in [7, 11) is -3.96. The quantitative estimate of drug-likeness (QED) is 0.583. The smallest absolute Gasteiger partial charge is 0.309 e. The van der Waals surface area contributed by atoms with E-state index in [0.29, 0.717) is 24.5 Å². The van der Waals surface area contributed by atoms with E-state index in [4.69, 9.17) is 16.3 Å². The van der Waals surface area contributed by atoms with Gasteiger partial charge in [-0.1, -0.05) is 23.7 Å². The minimum Gasteiger partial charge on any atom is -0.360 e. The second-order valence-electron chi connectivity index (χ2n) is 7.09. The van der Waals surface area contributed by atoms with E-state index in [1.54, 1.807) is 12.1 Å². The number of carbonyl (C=O) groups excluding carboxylic acids is 2. The normalized spacial score (nSPS) is 17.0. The monoisotopic (exact) mass is 483 g/mol. The van der Waals surface area contributed by atoms with E-state index in [2.05, 4.69) is 10.6 Å². The van der Waals surface area contributed by atoms with Gasteiger partial charge in [-0.2, -0.15) is 4.31 Å². The third-order valence-electron chi connectivity index (χ3n) is 4.83. The molecule has 0 saturated carbocycles. The van der Waals surface area contributed by atoms with Gasteiger partial charge in [0.2, 0.25) is 10.0 Å². The Morgan fingerprint density at radius 1 is 1.06 bits per heavy atom. The average molecular weight is 484 g/mol. The molecule has 172 valence electrons. The Balaban J connectivity index is 1.53. The zero-order valence-electron chi connectivity index (χ0n) is 17.1. The van der Waals surface area contributed by atoms with Crippen LogP contribution >= 0.6 is 11.6 Å². The molecular formula is C21H23ClFN3O5S. The van der Waals surface area contributed by atoms with Crippen LogP contribution in [0.25, 0.3) is 0 Å². The van der Waals surface area contributed by atoms with Crippen molar-refractivity contribution in [2.75, 3.05) is 26.2 Å². The van der Waals surface area contributed by atoms with Crippen LogP contribution in [-0.2, 0) is 30.8 Å². The highest BCUT2D eigenvalue weighted by Gasteiger charge is 2.34. The number of benzene rings is 2. The molecule has 8 nitrogen and oxygen atoms in total. The zero-order valence-corrected chi connectivity index (χ0v) is 18.7. The minimum absolute atomic E-state index is 0.0827. The fourth-order valence-corrected chi connectivity index (χ4v) is 4.85. The number of rotatable bonds is 7. The lowest BCUT2D eigenvalue weighted by Crippen LogP contribution is -2.53. The number of nitrogens with one attached hydrogen (secondary N) is 2. The number of carbonyl (C=O) groups is 2. The lowest BCUT2D eigenvalue weighted by atomic mass is 10.1. The van der Waals surface area contributed by atoms with Crippen LogP contribution in [-0.4, -0.2) is 57.0 Å². The van der Waals surface area contributed by atoms with E-state index in [-0.39, 0.29) is 24.5 Å². The van der Waals surface area contributed by atoms with E-state index >= 15 is 0 Å². The van der Waals surface area contributed by atoms with Gasteiger partial charge in [-0.25, -0.2) is 12.8 Å². The van der Waals surface area contributed by atoms with Crippen molar-refractivity contribution in [3.63, 3.8) is 0 Å². The molecule has 0 spiro atoms. The Morgan fingerprint density at radius 3 is 2.41 bits per heavy atom. The fraction of sp³-hybridized carbons (Fsp3) is 0.333. The number of amides is 2. The summed E-state index contributed by atoms with van der Waals surface area (Å²) in [5.74, 6) is -2.28. The second-order valence-corrected chi connectivity index (χ2v) is 9.42. The molecule has 1 aliphatic heterocycles. The molecule has 1 fully saturated rings. The van der Waals surface area contributed by atoms with E-state index < -0.39 is 33.9 Å². The Bertz CT molecular complexity index is 1050. The molecule has 2 aromatic carbocycles. The van der Waals surface area contributed by atoms with Gasteiger partial charge in [0, 0.05) is 18.1 Å². The SMILES string of the molecule is O=C(NCCc1ccc(Cl)cc1)C(=O)NC[C@@H]1OCCCN1S(=O)(=O)c1ccc(F)cc1.